The summed E-state index contributed by atoms with van der Waals surface area (Å²) in [6.07, 6.45) is 1.53. The van der Waals surface area contributed by atoms with Crippen molar-refractivity contribution in [1.82, 2.24) is 9.62 Å². The molecule has 0 aromatic heterocycles. The Morgan fingerprint density at radius 1 is 1.13 bits per heavy atom. The molecule has 132 valence electrons. The van der Waals surface area contributed by atoms with E-state index in [-0.39, 0.29) is 23.2 Å². The van der Waals surface area contributed by atoms with Gasteiger partial charge in [-0.1, -0.05) is 13.8 Å². The second kappa shape index (κ2) is 10.6. The summed E-state index contributed by atoms with van der Waals surface area (Å²) in [5, 5.41) is 2.65. The van der Waals surface area contributed by atoms with Crippen molar-refractivity contribution in [2.24, 2.45) is 5.73 Å². The van der Waals surface area contributed by atoms with Crippen molar-refractivity contribution in [2.75, 3.05) is 26.2 Å². The van der Waals surface area contributed by atoms with Gasteiger partial charge in [0.2, 0.25) is 10.0 Å². The van der Waals surface area contributed by atoms with Gasteiger partial charge in [0, 0.05) is 31.7 Å². The first-order chi connectivity index (χ1) is 10.5. The SMILES string of the molecule is CCCN(CCC)S(=O)(=O)c1ccc(C(=O)NCCN)cc1.Cl. The van der Waals surface area contributed by atoms with Gasteiger partial charge in [-0.3, -0.25) is 4.79 Å². The number of halogens is 1. The molecule has 1 rings (SSSR count). The van der Waals surface area contributed by atoms with Crippen LogP contribution in [-0.4, -0.2) is 44.8 Å². The number of benzene rings is 1. The molecule has 3 N–H and O–H groups in total. The molecule has 0 aliphatic rings. The van der Waals surface area contributed by atoms with E-state index in [9.17, 15) is 13.2 Å². The molecule has 0 atom stereocenters. The Labute approximate surface area is 144 Å². The van der Waals surface area contributed by atoms with Gasteiger partial charge in [0.25, 0.3) is 5.91 Å². The number of rotatable bonds is 9. The molecule has 1 aromatic carbocycles. The molecule has 0 bridgehead atoms. The Morgan fingerprint density at radius 2 is 1.65 bits per heavy atom. The van der Waals surface area contributed by atoms with E-state index in [0.717, 1.165) is 12.8 Å². The molecule has 0 saturated heterocycles. The van der Waals surface area contributed by atoms with Crippen molar-refractivity contribution < 1.29 is 13.2 Å². The third-order valence-corrected chi connectivity index (χ3v) is 5.04. The van der Waals surface area contributed by atoms with Crippen LogP contribution in [0.15, 0.2) is 29.2 Å². The van der Waals surface area contributed by atoms with Gasteiger partial charge in [-0.2, -0.15) is 4.31 Å². The van der Waals surface area contributed by atoms with Gasteiger partial charge in [-0.25, -0.2) is 8.42 Å². The lowest BCUT2D eigenvalue weighted by atomic mass is 10.2. The maximum atomic E-state index is 12.6. The van der Waals surface area contributed by atoms with Crippen LogP contribution in [0.1, 0.15) is 37.0 Å². The minimum absolute atomic E-state index is 0. The molecule has 23 heavy (non-hydrogen) atoms. The standard InChI is InChI=1S/C15H25N3O3S.ClH/c1-3-11-18(12-4-2)22(20,21)14-7-5-13(6-8-14)15(19)17-10-9-16;/h5-8H,3-4,9-12,16H2,1-2H3,(H,17,19);1H. The van der Waals surface area contributed by atoms with Gasteiger partial charge in [-0.15, -0.1) is 12.4 Å². The summed E-state index contributed by atoms with van der Waals surface area (Å²) in [6.45, 7) is 5.64. The third-order valence-electron chi connectivity index (χ3n) is 3.13. The van der Waals surface area contributed by atoms with Crippen LogP contribution < -0.4 is 11.1 Å². The normalized spacial score (nSPS) is 11.1. The number of nitrogens with two attached hydrogens (primary N) is 1. The molecule has 1 aromatic rings. The monoisotopic (exact) mass is 363 g/mol. The van der Waals surface area contributed by atoms with Gasteiger partial charge < -0.3 is 11.1 Å². The Bertz CT molecular complexity index is 570. The van der Waals surface area contributed by atoms with E-state index in [0.29, 0.717) is 31.7 Å². The van der Waals surface area contributed by atoms with Crippen molar-refractivity contribution in [3.63, 3.8) is 0 Å². The van der Waals surface area contributed by atoms with Crippen LogP contribution in [0.2, 0.25) is 0 Å². The summed E-state index contributed by atoms with van der Waals surface area (Å²) < 4.78 is 26.6. The maximum Gasteiger partial charge on any atom is 0.251 e. The Kier molecular flexibility index (Phi) is 10.1. The lowest BCUT2D eigenvalue weighted by Gasteiger charge is -2.21. The Balaban J connectivity index is 0.00000484. The maximum absolute atomic E-state index is 12.6. The summed E-state index contributed by atoms with van der Waals surface area (Å²) in [5.41, 5.74) is 5.75. The average Bonchev–Trinajstić information content (AvgIpc) is 2.52. The summed E-state index contributed by atoms with van der Waals surface area (Å²) in [4.78, 5) is 12.0. The molecule has 0 aliphatic carbocycles. The lowest BCUT2D eigenvalue weighted by molar-refractivity contribution is 0.0954. The van der Waals surface area contributed by atoms with E-state index in [2.05, 4.69) is 5.32 Å². The summed E-state index contributed by atoms with van der Waals surface area (Å²) in [6, 6.07) is 6.00. The summed E-state index contributed by atoms with van der Waals surface area (Å²) in [5.74, 6) is -0.256. The highest BCUT2D eigenvalue weighted by molar-refractivity contribution is 7.89. The van der Waals surface area contributed by atoms with Crippen molar-refractivity contribution in [3.8, 4) is 0 Å². The lowest BCUT2D eigenvalue weighted by Crippen LogP contribution is -2.32. The number of nitrogens with zero attached hydrogens (tertiary/aromatic N) is 1. The molecule has 0 heterocycles. The average molecular weight is 364 g/mol. The topological polar surface area (TPSA) is 92.5 Å². The predicted molar refractivity (Wildman–Crippen MR) is 94.4 cm³/mol. The second-order valence-corrected chi connectivity index (χ2v) is 6.91. The van der Waals surface area contributed by atoms with Crippen molar-refractivity contribution >= 4 is 28.3 Å². The van der Waals surface area contributed by atoms with E-state index < -0.39 is 10.0 Å². The van der Waals surface area contributed by atoms with Crippen LogP contribution in [0.4, 0.5) is 0 Å². The zero-order valence-corrected chi connectivity index (χ0v) is 15.3. The zero-order chi connectivity index (χ0) is 16.6. The summed E-state index contributed by atoms with van der Waals surface area (Å²) in [7, 11) is -3.50. The molecule has 0 fully saturated rings. The smallest absolute Gasteiger partial charge is 0.251 e. The zero-order valence-electron chi connectivity index (χ0n) is 13.6. The van der Waals surface area contributed by atoms with E-state index in [1.165, 1.54) is 28.6 Å². The number of sulfonamides is 1. The first kappa shape index (κ1) is 21.9. The van der Waals surface area contributed by atoms with Crippen molar-refractivity contribution in [3.05, 3.63) is 29.8 Å². The third kappa shape index (κ3) is 6.10. The molecule has 1 amide bonds. The first-order valence-electron chi connectivity index (χ1n) is 7.55. The molecular formula is C15H26ClN3O3S. The molecule has 0 spiro atoms. The van der Waals surface area contributed by atoms with Crippen LogP contribution in [0.5, 0.6) is 0 Å². The van der Waals surface area contributed by atoms with Crippen molar-refractivity contribution in [1.29, 1.82) is 0 Å². The van der Waals surface area contributed by atoms with Crippen LogP contribution in [0.3, 0.4) is 0 Å². The number of carbonyl (C=O) groups excluding carboxylic acids is 1. The highest BCUT2D eigenvalue weighted by atomic mass is 35.5. The van der Waals surface area contributed by atoms with Crippen LogP contribution in [0, 0.1) is 0 Å². The van der Waals surface area contributed by atoms with Gasteiger partial charge in [-0.05, 0) is 37.1 Å². The van der Waals surface area contributed by atoms with E-state index in [4.69, 9.17) is 5.73 Å². The first-order valence-corrected chi connectivity index (χ1v) is 8.99. The van der Waals surface area contributed by atoms with Crippen LogP contribution >= 0.6 is 12.4 Å². The fourth-order valence-electron chi connectivity index (χ4n) is 2.07. The predicted octanol–water partition coefficient (Wildman–Crippen LogP) is 1.61. The molecule has 8 heteroatoms. The molecule has 0 aliphatic heterocycles. The highest BCUT2D eigenvalue weighted by Gasteiger charge is 2.23. The number of carbonyl (C=O) groups is 1. The highest BCUT2D eigenvalue weighted by Crippen LogP contribution is 2.17. The molecule has 0 unspecified atom stereocenters. The van der Waals surface area contributed by atoms with Gasteiger partial charge >= 0.3 is 0 Å². The van der Waals surface area contributed by atoms with E-state index in [1.54, 1.807) is 0 Å². The summed E-state index contributed by atoms with van der Waals surface area (Å²) >= 11 is 0. The van der Waals surface area contributed by atoms with Crippen LogP contribution in [0.25, 0.3) is 0 Å². The Morgan fingerprint density at radius 3 is 2.09 bits per heavy atom. The minimum atomic E-state index is -3.50. The number of nitrogens with one attached hydrogen (secondary N) is 1. The number of amides is 1. The fraction of sp³-hybridized carbons (Fsp3) is 0.533. The fourth-order valence-corrected chi connectivity index (χ4v) is 3.69. The number of hydrogen-bond acceptors (Lipinski definition) is 4. The molecule has 0 radical (unpaired) electrons. The van der Waals surface area contributed by atoms with Gasteiger partial charge in [0.05, 0.1) is 4.90 Å². The molecular weight excluding hydrogens is 338 g/mol. The minimum Gasteiger partial charge on any atom is -0.351 e. The van der Waals surface area contributed by atoms with Gasteiger partial charge in [0.1, 0.15) is 0 Å². The Hall–Kier alpha value is -1.15. The quantitative estimate of drug-likeness (QED) is 0.697. The number of hydrogen-bond donors (Lipinski definition) is 2. The van der Waals surface area contributed by atoms with Gasteiger partial charge in [0.15, 0.2) is 0 Å². The van der Waals surface area contributed by atoms with E-state index >= 15 is 0 Å². The van der Waals surface area contributed by atoms with E-state index in [1.807, 2.05) is 13.8 Å². The second-order valence-electron chi connectivity index (χ2n) is 4.97. The molecule has 6 nitrogen and oxygen atoms in total. The molecule has 0 saturated carbocycles. The largest absolute Gasteiger partial charge is 0.351 e. The van der Waals surface area contributed by atoms with Crippen LogP contribution in [-0.2, 0) is 10.0 Å². The van der Waals surface area contributed by atoms with Crippen molar-refractivity contribution in [2.45, 2.75) is 31.6 Å².